The van der Waals surface area contributed by atoms with E-state index in [9.17, 15) is 9.18 Å². The van der Waals surface area contributed by atoms with Gasteiger partial charge in [0.2, 0.25) is 6.41 Å². The highest BCUT2D eigenvalue weighted by Crippen LogP contribution is 2.32. The van der Waals surface area contributed by atoms with E-state index < -0.39 is 0 Å². The minimum atomic E-state index is -0.293. The van der Waals surface area contributed by atoms with Crippen molar-refractivity contribution < 1.29 is 9.18 Å². The lowest BCUT2D eigenvalue weighted by Gasteiger charge is -2.17. The van der Waals surface area contributed by atoms with Crippen LogP contribution in [-0.4, -0.2) is 17.1 Å². The molecule has 3 nitrogen and oxygen atoms in total. The number of halogens is 2. The molecule has 1 aliphatic rings. The molecule has 0 fully saturated rings. The molecule has 0 spiro atoms. The van der Waals surface area contributed by atoms with Crippen LogP contribution in [0.25, 0.3) is 0 Å². The molecule has 1 heterocycles. The van der Waals surface area contributed by atoms with Gasteiger partial charge in [-0.15, -0.1) is 0 Å². The van der Waals surface area contributed by atoms with Crippen LogP contribution in [0.1, 0.15) is 23.6 Å². The van der Waals surface area contributed by atoms with Crippen LogP contribution in [0.3, 0.4) is 0 Å². The summed E-state index contributed by atoms with van der Waals surface area (Å²) in [4.78, 5) is 11.2. The van der Waals surface area contributed by atoms with Crippen LogP contribution in [0.2, 0.25) is 5.02 Å². The van der Waals surface area contributed by atoms with Gasteiger partial charge < -0.3 is 0 Å². The van der Waals surface area contributed by atoms with Crippen molar-refractivity contribution in [3.05, 3.63) is 70.5 Å². The third-order valence-corrected chi connectivity index (χ3v) is 3.73. The molecule has 21 heavy (non-hydrogen) atoms. The number of hydrogen-bond acceptors (Lipinski definition) is 2. The quantitative estimate of drug-likeness (QED) is 0.794. The molecule has 106 valence electrons. The molecule has 0 N–H and O–H groups in total. The van der Waals surface area contributed by atoms with Crippen molar-refractivity contribution in [3.8, 4) is 0 Å². The first-order valence-electron chi connectivity index (χ1n) is 6.50. The Balaban J connectivity index is 1.88. The second kappa shape index (κ2) is 5.66. The summed E-state index contributed by atoms with van der Waals surface area (Å²) in [6.07, 6.45) is 1.29. The van der Waals surface area contributed by atoms with Crippen molar-refractivity contribution >= 4 is 23.7 Å². The minimum Gasteiger partial charge on any atom is -0.277 e. The molecule has 0 saturated carbocycles. The average molecular weight is 303 g/mol. The maximum Gasteiger partial charge on any atom is 0.230 e. The Morgan fingerprint density at radius 1 is 1.14 bits per heavy atom. The van der Waals surface area contributed by atoms with Gasteiger partial charge in [-0.05, 0) is 35.4 Å². The Kier molecular flexibility index (Phi) is 3.71. The topological polar surface area (TPSA) is 32.7 Å². The Bertz CT molecular complexity index is 682. The van der Waals surface area contributed by atoms with Crippen LogP contribution >= 0.6 is 11.6 Å². The molecule has 0 radical (unpaired) electrons. The lowest BCUT2D eigenvalue weighted by Crippen LogP contribution is -2.17. The summed E-state index contributed by atoms with van der Waals surface area (Å²) in [5.74, 6) is -0.293. The number of carbonyl (C=O) groups is 1. The smallest absolute Gasteiger partial charge is 0.230 e. The van der Waals surface area contributed by atoms with E-state index >= 15 is 0 Å². The number of benzene rings is 2. The summed E-state index contributed by atoms with van der Waals surface area (Å²) >= 11 is 5.88. The van der Waals surface area contributed by atoms with E-state index in [-0.39, 0.29) is 11.9 Å². The lowest BCUT2D eigenvalue weighted by molar-refractivity contribution is -0.119. The van der Waals surface area contributed by atoms with Crippen molar-refractivity contribution in [2.75, 3.05) is 0 Å². The molecule has 1 aliphatic heterocycles. The highest BCUT2D eigenvalue weighted by atomic mass is 35.5. The summed E-state index contributed by atoms with van der Waals surface area (Å²) in [7, 11) is 0. The molecule has 5 heteroatoms. The first-order chi connectivity index (χ1) is 10.2. The van der Waals surface area contributed by atoms with E-state index in [0.29, 0.717) is 17.9 Å². The largest absolute Gasteiger partial charge is 0.277 e. The van der Waals surface area contributed by atoms with Gasteiger partial charge in [-0.1, -0.05) is 35.9 Å². The first kappa shape index (κ1) is 13.8. The van der Waals surface area contributed by atoms with E-state index in [4.69, 9.17) is 11.6 Å². The van der Waals surface area contributed by atoms with Crippen molar-refractivity contribution in [1.82, 2.24) is 5.01 Å². The van der Waals surface area contributed by atoms with Crippen LogP contribution < -0.4 is 0 Å². The fourth-order valence-electron chi connectivity index (χ4n) is 2.40. The highest BCUT2D eigenvalue weighted by Gasteiger charge is 2.28. The van der Waals surface area contributed by atoms with Gasteiger partial charge in [0, 0.05) is 11.4 Å². The third-order valence-electron chi connectivity index (χ3n) is 3.48. The summed E-state index contributed by atoms with van der Waals surface area (Å²) in [6, 6.07) is 13.3. The Morgan fingerprint density at radius 3 is 2.43 bits per heavy atom. The number of hydrogen-bond donors (Lipinski definition) is 0. The van der Waals surface area contributed by atoms with Gasteiger partial charge in [0.05, 0.1) is 11.8 Å². The Hall–Kier alpha value is -2.20. The minimum absolute atomic E-state index is 0.153. The normalized spacial score (nSPS) is 17.7. The fraction of sp³-hybridized carbons (Fsp3) is 0.125. The van der Waals surface area contributed by atoms with Crippen molar-refractivity contribution in [2.24, 2.45) is 5.10 Å². The van der Waals surface area contributed by atoms with Crippen LogP contribution in [0.4, 0.5) is 4.39 Å². The Labute approximate surface area is 126 Å². The maximum absolute atomic E-state index is 13.0. The second-order valence-electron chi connectivity index (χ2n) is 4.81. The SMILES string of the molecule is O=CN1N=C(c2ccc(F)cc2)CC1c1ccc(Cl)cc1. The Morgan fingerprint density at radius 2 is 1.81 bits per heavy atom. The van der Waals surface area contributed by atoms with Gasteiger partial charge in [0.1, 0.15) is 5.82 Å². The summed E-state index contributed by atoms with van der Waals surface area (Å²) < 4.78 is 13.0. The zero-order chi connectivity index (χ0) is 14.8. The van der Waals surface area contributed by atoms with E-state index in [1.165, 1.54) is 17.1 Å². The molecule has 0 aromatic heterocycles. The van der Waals surface area contributed by atoms with Crippen molar-refractivity contribution in [2.45, 2.75) is 12.5 Å². The summed E-state index contributed by atoms with van der Waals surface area (Å²) in [6.45, 7) is 0. The average Bonchev–Trinajstić information content (AvgIpc) is 2.93. The highest BCUT2D eigenvalue weighted by molar-refractivity contribution is 6.30. The molecule has 1 atom stereocenters. The lowest BCUT2D eigenvalue weighted by atomic mass is 9.99. The van der Waals surface area contributed by atoms with Crippen LogP contribution in [0.5, 0.6) is 0 Å². The molecule has 2 aromatic rings. The monoisotopic (exact) mass is 302 g/mol. The zero-order valence-electron chi connectivity index (χ0n) is 11.0. The summed E-state index contributed by atoms with van der Waals surface area (Å²) in [5.41, 5.74) is 2.55. The van der Waals surface area contributed by atoms with Gasteiger partial charge in [0.15, 0.2) is 0 Å². The van der Waals surface area contributed by atoms with Gasteiger partial charge in [-0.3, -0.25) is 4.79 Å². The van der Waals surface area contributed by atoms with Crippen LogP contribution in [0, 0.1) is 5.82 Å². The number of nitrogens with zero attached hydrogens (tertiary/aromatic N) is 2. The van der Waals surface area contributed by atoms with Gasteiger partial charge in [-0.25, -0.2) is 9.40 Å². The number of amides is 1. The molecule has 0 saturated heterocycles. The predicted molar refractivity (Wildman–Crippen MR) is 79.7 cm³/mol. The van der Waals surface area contributed by atoms with Gasteiger partial charge in [0.25, 0.3) is 0 Å². The second-order valence-corrected chi connectivity index (χ2v) is 5.25. The number of rotatable bonds is 3. The molecule has 3 rings (SSSR count). The molecular weight excluding hydrogens is 291 g/mol. The van der Waals surface area contributed by atoms with E-state index in [1.54, 1.807) is 24.3 Å². The van der Waals surface area contributed by atoms with Crippen molar-refractivity contribution in [1.29, 1.82) is 0 Å². The molecule has 1 unspecified atom stereocenters. The van der Waals surface area contributed by atoms with E-state index in [0.717, 1.165) is 16.8 Å². The predicted octanol–water partition coefficient (Wildman–Crippen LogP) is 3.79. The summed E-state index contributed by atoms with van der Waals surface area (Å²) in [5, 5.41) is 6.35. The molecule has 1 amide bonds. The van der Waals surface area contributed by atoms with Gasteiger partial charge >= 0.3 is 0 Å². The van der Waals surface area contributed by atoms with Crippen molar-refractivity contribution in [3.63, 3.8) is 0 Å². The first-order valence-corrected chi connectivity index (χ1v) is 6.87. The fourth-order valence-corrected chi connectivity index (χ4v) is 2.52. The molecule has 0 bridgehead atoms. The zero-order valence-corrected chi connectivity index (χ0v) is 11.8. The number of carbonyl (C=O) groups excluding carboxylic acids is 1. The molecule has 0 aliphatic carbocycles. The standard InChI is InChI=1S/C16H12ClFN2O/c17-13-5-1-12(2-6-13)16-9-15(19-20(16)10-21)11-3-7-14(18)8-4-11/h1-8,10,16H,9H2. The van der Waals surface area contributed by atoms with Crippen LogP contribution in [0.15, 0.2) is 53.6 Å². The van der Waals surface area contributed by atoms with Gasteiger partial charge in [-0.2, -0.15) is 5.10 Å². The number of hydrazone groups is 1. The van der Waals surface area contributed by atoms with Crippen LogP contribution in [-0.2, 0) is 4.79 Å². The van der Waals surface area contributed by atoms with E-state index in [2.05, 4.69) is 5.10 Å². The maximum atomic E-state index is 13.0. The third kappa shape index (κ3) is 2.81. The molecule has 2 aromatic carbocycles. The molecular formula is C16H12ClFN2O. The van der Waals surface area contributed by atoms with E-state index in [1.807, 2.05) is 12.1 Å².